The minimum Gasteiger partial charge on any atom is -0.484 e. The lowest BCUT2D eigenvalue weighted by Crippen LogP contribution is -2.35. The van der Waals surface area contributed by atoms with Gasteiger partial charge in [-0.2, -0.15) is 0 Å². The van der Waals surface area contributed by atoms with Crippen molar-refractivity contribution in [3.05, 3.63) is 29.3 Å². The van der Waals surface area contributed by atoms with Gasteiger partial charge in [0.15, 0.2) is 6.61 Å². The number of carbonyl (C=O) groups is 1. The molecule has 1 N–H and O–H groups in total. The van der Waals surface area contributed by atoms with Crippen LogP contribution in [-0.2, 0) is 4.79 Å². The largest absolute Gasteiger partial charge is 0.484 e. The summed E-state index contributed by atoms with van der Waals surface area (Å²) < 4.78 is 5.30. The zero-order valence-corrected chi connectivity index (χ0v) is 10.3. The van der Waals surface area contributed by atoms with E-state index in [4.69, 9.17) is 16.3 Å². The number of hydrogen-bond acceptors (Lipinski definition) is 2. The number of carbonyl (C=O) groups excluding carboxylic acids is 1. The smallest absolute Gasteiger partial charge is 0.258 e. The van der Waals surface area contributed by atoms with Crippen molar-refractivity contribution >= 4 is 17.5 Å². The summed E-state index contributed by atoms with van der Waals surface area (Å²) in [5, 5.41) is 3.47. The second-order valence-electron chi connectivity index (χ2n) is 3.62. The third-order valence-corrected chi connectivity index (χ3v) is 2.46. The van der Waals surface area contributed by atoms with Gasteiger partial charge < -0.3 is 10.1 Å². The Balaban J connectivity index is 2.34. The second-order valence-corrected chi connectivity index (χ2v) is 4.06. The van der Waals surface area contributed by atoms with Gasteiger partial charge in [0, 0.05) is 11.1 Å². The van der Waals surface area contributed by atoms with Crippen molar-refractivity contribution < 1.29 is 9.53 Å². The van der Waals surface area contributed by atoms with E-state index in [1.807, 2.05) is 13.8 Å². The lowest BCUT2D eigenvalue weighted by molar-refractivity contribution is -0.123. The number of ether oxygens (including phenoxy) is 1. The highest BCUT2D eigenvalue weighted by atomic mass is 35.5. The molecule has 4 heteroatoms. The van der Waals surface area contributed by atoms with Gasteiger partial charge in [-0.25, -0.2) is 0 Å². The third-order valence-electron chi connectivity index (χ3n) is 2.20. The van der Waals surface area contributed by atoms with Crippen LogP contribution in [0.4, 0.5) is 0 Å². The molecule has 0 fully saturated rings. The average molecular weight is 242 g/mol. The van der Waals surface area contributed by atoms with Gasteiger partial charge in [-0.15, -0.1) is 0 Å². The number of nitrogens with one attached hydrogen (secondary N) is 1. The number of benzene rings is 1. The Labute approximate surface area is 101 Å². The normalized spacial score (nSPS) is 11.9. The maximum Gasteiger partial charge on any atom is 0.258 e. The standard InChI is InChI=1S/C12H16ClNO2/c1-3-9(2)14-12(15)8-16-11-6-4-10(13)5-7-11/h4-7,9H,3,8H2,1-2H3,(H,14,15). The van der Waals surface area contributed by atoms with Crippen molar-refractivity contribution in [1.29, 1.82) is 0 Å². The number of hydrogen-bond donors (Lipinski definition) is 1. The Morgan fingerprint density at radius 3 is 2.62 bits per heavy atom. The zero-order chi connectivity index (χ0) is 12.0. The molecule has 0 aliphatic heterocycles. The van der Waals surface area contributed by atoms with Crippen molar-refractivity contribution in [3.8, 4) is 5.75 Å². The Morgan fingerprint density at radius 2 is 2.06 bits per heavy atom. The molecule has 0 saturated carbocycles. The van der Waals surface area contributed by atoms with Crippen LogP contribution >= 0.6 is 11.6 Å². The summed E-state index contributed by atoms with van der Waals surface area (Å²) in [6.45, 7) is 4.01. The van der Waals surface area contributed by atoms with Crippen LogP contribution in [0.2, 0.25) is 5.02 Å². The first-order valence-corrected chi connectivity index (χ1v) is 5.67. The molecule has 16 heavy (non-hydrogen) atoms. The molecule has 0 aliphatic rings. The van der Waals surface area contributed by atoms with Crippen molar-refractivity contribution in [1.82, 2.24) is 5.32 Å². The first kappa shape index (κ1) is 12.8. The van der Waals surface area contributed by atoms with Crippen LogP contribution < -0.4 is 10.1 Å². The first-order valence-electron chi connectivity index (χ1n) is 5.29. The van der Waals surface area contributed by atoms with Crippen LogP contribution in [0.15, 0.2) is 24.3 Å². The van der Waals surface area contributed by atoms with E-state index in [0.29, 0.717) is 10.8 Å². The van der Waals surface area contributed by atoms with E-state index in [0.717, 1.165) is 6.42 Å². The highest BCUT2D eigenvalue weighted by Crippen LogP contribution is 2.15. The van der Waals surface area contributed by atoms with E-state index < -0.39 is 0 Å². The van der Waals surface area contributed by atoms with Gasteiger partial charge >= 0.3 is 0 Å². The second kappa shape index (κ2) is 6.38. The van der Waals surface area contributed by atoms with Gasteiger partial charge in [0.1, 0.15) is 5.75 Å². The molecule has 0 aliphatic carbocycles. The monoisotopic (exact) mass is 241 g/mol. The molecule has 3 nitrogen and oxygen atoms in total. The molecule has 88 valence electrons. The number of amides is 1. The van der Waals surface area contributed by atoms with Crippen LogP contribution in [-0.4, -0.2) is 18.6 Å². The molecule has 0 spiro atoms. The Morgan fingerprint density at radius 1 is 1.44 bits per heavy atom. The predicted octanol–water partition coefficient (Wildman–Crippen LogP) is 2.63. The van der Waals surface area contributed by atoms with Gasteiger partial charge in [-0.1, -0.05) is 18.5 Å². The third kappa shape index (κ3) is 4.53. The van der Waals surface area contributed by atoms with Crippen molar-refractivity contribution in [2.75, 3.05) is 6.61 Å². The first-order chi connectivity index (χ1) is 7.61. The van der Waals surface area contributed by atoms with Gasteiger partial charge in [0.2, 0.25) is 0 Å². The van der Waals surface area contributed by atoms with Gasteiger partial charge in [-0.3, -0.25) is 4.79 Å². The fraction of sp³-hybridized carbons (Fsp3) is 0.417. The summed E-state index contributed by atoms with van der Waals surface area (Å²) in [6.07, 6.45) is 0.909. The van der Waals surface area contributed by atoms with Crippen LogP contribution in [0.25, 0.3) is 0 Å². The lowest BCUT2D eigenvalue weighted by atomic mass is 10.2. The molecule has 1 rings (SSSR count). The fourth-order valence-corrected chi connectivity index (χ4v) is 1.22. The van der Waals surface area contributed by atoms with Crippen molar-refractivity contribution in [2.45, 2.75) is 26.3 Å². The summed E-state index contributed by atoms with van der Waals surface area (Å²) >= 11 is 5.73. The van der Waals surface area contributed by atoms with E-state index >= 15 is 0 Å². The zero-order valence-electron chi connectivity index (χ0n) is 9.50. The van der Waals surface area contributed by atoms with Crippen LogP contribution in [0.1, 0.15) is 20.3 Å². The van der Waals surface area contributed by atoms with Crippen LogP contribution in [0, 0.1) is 0 Å². The molecule has 0 aromatic heterocycles. The van der Waals surface area contributed by atoms with Gasteiger partial charge in [-0.05, 0) is 37.6 Å². The molecule has 1 aromatic carbocycles. The number of halogens is 1. The quantitative estimate of drug-likeness (QED) is 0.861. The molecule has 1 unspecified atom stereocenters. The lowest BCUT2D eigenvalue weighted by Gasteiger charge is -2.11. The Bertz CT molecular complexity index is 337. The average Bonchev–Trinajstić information content (AvgIpc) is 2.28. The summed E-state index contributed by atoms with van der Waals surface area (Å²) in [5.74, 6) is 0.535. The van der Waals surface area contributed by atoms with Crippen LogP contribution in [0.5, 0.6) is 5.75 Å². The van der Waals surface area contributed by atoms with Crippen molar-refractivity contribution in [2.24, 2.45) is 0 Å². The van der Waals surface area contributed by atoms with E-state index in [1.165, 1.54) is 0 Å². The summed E-state index contributed by atoms with van der Waals surface area (Å²) in [4.78, 5) is 11.4. The van der Waals surface area contributed by atoms with E-state index in [9.17, 15) is 4.79 Å². The molecule has 1 aromatic rings. The van der Waals surface area contributed by atoms with E-state index in [1.54, 1.807) is 24.3 Å². The van der Waals surface area contributed by atoms with E-state index in [-0.39, 0.29) is 18.6 Å². The summed E-state index contributed by atoms with van der Waals surface area (Å²) in [6, 6.07) is 7.10. The Kier molecular flexibility index (Phi) is 5.12. The molecular formula is C12H16ClNO2. The predicted molar refractivity (Wildman–Crippen MR) is 64.8 cm³/mol. The maximum atomic E-state index is 11.4. The maximum absolute atomic E-state index is 11.4. The molecular weight excluding hydrogens is 226 g/mol. The Hall–Kier alpha value is -1.22. The fourth-order valence-electron chi connectivity index (χ4n) is 1.10. The van der Waals surface area contributed by atoms with Crippen LogP contribution in [0.3, 0.4) is 0 Å². The highest BCUT2D eigenvalue weighted by Gasteiger charge is 2.05. The molecule has 0 bridgehead atoms. The molecule has 1 atom stereocenters. The van der Waals surface area contributed by atoms with Gasteiger partial charge in [0.25, 0.3) is 5.91 Å². The number of rotatable bonds is 5. The molecule has 0 radical (unpaired) electrons. The minimum absolute atomic E-state index is 0.0337. The minimum atomic E-state index is -0.107. The molecule has 0 heterocycles. The molecule has 1 amide bonds. The highest BCUT2D eigenvalue weighted by molar-refractivity contribution is 6.30. The van der Waals surface area contributed by atoms with Crippen molar-refractivity contribution in [3.63, 3.8) is 0 Å². The van der Waals surface area contributed by atoms with E-state index in [2.05, 4.69) is 5.32 Å². The molecule has 0 saturated heterocycles. The SMILES string of the molecule is CCC(C)NC(=O)COc1ccc(Cl)cc1. The summed E-state index contributed by atoms with van der Waals surface area (Å²) in [5.41, 5.74) is 0. The summed E-state index contributed by atoms with van der Waals surface area (Å²) in [7, 11) is 0. The van der Waals surface area contributed by atoms with Gasteiger partial charge in [0.05, 0.1) is 0 Å². The topological polar surface area (TPSA) is 38.3 Å².